The summed E-state index contributed by atoms with van der Waals surface area (Å²) >= 11 is 5.95. The molecule has 2 rings (SSSR count). The predicted molar refractivity (Wildman–Crippen MR) is 92.5 cm³/mol. The normalized spacial score (nSPS) is 16.0. The first-order valence-electron chi connectivity index (χ1n) is 8.54. The molecule has 8 heteroatoms. The van der Waals surface area contributed by atoms with Crippen molar-refractivity contribution in [1.29, 1.82) is 0 Å². The summed E-state index contributed by atoms with van der Waals surface area (Å²) in [6, 6.07) is 1.57. The molecule has 0 spiro atoms. The number of carbonyl (C=O) groups excluding carboxylic acids is 2. The number of aromatic amines is 1. The summed E-state index contributed by atoms with van der Waals surface area (Å²) in [4.78, 5) is 25.6. The molecule has 0 bridgehead atoms. The summed E-state index contributed by atoms with van der Waals surface area (Å²) in [7, 11) is 1.35. The minimum atomic E-state index is -0.470. The fourth-order valence-corrected chi connectivity index (χ4v) is 3.12. The highest BCUT2D eigenvalue weighted by atomic mass is 35.5. The minimum Gasteiger partial charge on any atom is -0.461 e. The number of hydrogen-bond donors (Lipinski definition) is 1. The van der Waals surface area contributed by atoms with Crippen LogP contribution in [-0.2, 0) is 16.0 Å². The lowest BCUT2D eigenvalue weighted by Crippen LogP contribution is -2.44. The zero-order valence-corrected chi connectivity index (χ0v) is 16.1. The van der Waals surface area contributed by atoms with E-state index in [0.29, 0.717) is 36.4 Å². The topological polar surface area (TPSA) is 75.5 Å². The molecular weight excluding hydrogens is 346 g/mol. The van der Waals surface area contributed by atoms with Gasteiger partial charge in [0.15, 0.2) is 11.7 Å². The number of hydrogen-bond acceptors (Lipinski definition) is 4. The van der Waals surface area contributed by atoms with E-state index in [4.69, 9.17) is 21.1 Å². The Kier molecular flexibility index (Phi) is 6.32. The number of likely N-dealkylation sites (tertiary alicyclic amines) is 1. The standard InChI is InChI=1S/C17H26ClN3O4/c1-17(2,3)25-16(23)20-8-5-12(6-9-20)7-10-21-13(15(22)24-4)11-14(18)19-21/h11-12H,5-10H2,1-4H3/p+1. The Bertz CT molecular complexity index is 616. The van der Waals surface area contributed by atoms with Gasteiger partial charge in [0.1, 0.15) is 5.60 Å². The lowest BCUT2D eigenvalue weighted by molar-refractivity contribution is -0.752. The first kappa shape index (κ1) is 19.6. The largest absolute Gasteiger partial charge is 0.461 e. The molecule has 1 N–H and O–H groups in total. The van der Waals surface area contributed by atoms with Gasteiger partial charge in [0.25, 0.3) is 0 Å². The highest BCUT2D eigenvalue weighted by molar-refractivity contribution is 6.29. The summed E-state index contributed by atoms with van der Waals surface area (Å²) in [5.74, 6) is 0.0710. The first-order valence-corrected chi connectivity index (χ1v) is 8.92. The summed E-state index contributed by atoms with van der Waals surface area (Å²) < 4.78 is 11.9. The number of nitrogens with one attached hydrogen (secondary N) is 1. The lowest BCUT2D eigenvalue weighted by Gasteiger charge is -2.33. The number of esters is 1. The van der Waals surface area contributed by atoms with E-state index in [1.165, 1.54) is 7.11 Å². The Morgan fingerprint density at radius 2 is 2.00 bits per heavy atom. The molecule has 1 fully saturated rings. The zero-order chi connectivity index (χ0) is 18.6. The van der Waals surface area contributed by atoms with Crippen molar-refractivity contribution in [2.75, 3.05) is 20.2 Å². The van der Waals surface area contributed by atoms with Gasteiger partial charge in [0, 0.05) is 19.5 Å². The smallest absolute Gasteiger partial charge is 0.410 e. The Morgan fingerprint density at radius 3 is 2.56 bits per heavy atom. The van der Waals surface area contributed by atoms with Crippen molar-refractivity contribution >= 4 is 23.7 Å². The molecule has 1 saturated heterocycles. The van der Waals surface area contributed by atoms with Crippen LogP contribution in [0.5, 0.6) is 0 Å². The van der Waals surface area contributed by atoms with Crippen LogP contribution >= 0.6 is 11.6 Å². The lowest BCUT2D eigenvalue weighted by atomic mass is 9.94. The van der Waals surface area contributed by atoms with Crippen molar-refractivity contribution < 1.29 is 23.7 Å². The maximum absolute atomic E-state index is 12.1. The first-order chi connectivity index (χ1) is 11.7. The maximum Gasteiger partial charge on any atom is 0.410 e. The van der Waals surface area contributed by atoms with E-state index in [2.05, 4.69) is 5.10 Å². The van der Waals surface area contributed by atoms with E-state index in [9.17, 15) is 9.59 Å². The average Bonchev–Trinajstić information content (AvgIpc) is 2.92. The van der Waals surface area contributed by atoms with E-state index in [0.717, 1.165) is 19.3 Å². The van der Waals surface area contributed by atoms with Crippen molar-refractivity contribution in [1.82, 2.24) is 10.00 Å². The monoisotopic (exact) mass is 372 g/mol. The van der Waals surface area contributed by atoms with Crippen LogP contribution in [0.15, 0.2) is 6.07 Å². The summed E-state index contributed by atoms with van der Waals surface area (Å²) in [5.41, 5.74) is -0.0550. The van der Waals surface area contributed by atoms with Crippen LogP contribution in [-0.4, -0.2) is 47.9 Å². The molecule has 25 heavy (non-hydrogen) atoms. The molecule has 1 amide bonds. The molecule has 7 nitrogen and oxygen atoms in total. The second-order valence-corrected chi connectivity index (χ2v) is 7.74. The second-order valence-electron chi connectivity index (χ2n) is 7.33. The number of aryl methyl sites for hydroxylation is 1. The number of aromatic nitrogens is 2. The fourth-order valence-electron chi connectivity index (χ4n) is 2.91. The van der Waals surface area contributed by atoms with Gasteiger partial charge < -0.3 is 14.4 Å². The van der Waals surface area contributed by atoms with Gasteiger partial charge in [0.2, 0.25) is 0 Å². The number of carbonyl (C=O) groups is 2. The highest BCUT2D eigenvalue weighted by Gasteiger charge is 2.29. The van der Waals surface area contributed by atoms with E-state index in [1.54, 1.807) is 15.6 Å². The Balaban J connectivity index is 1.83. The molecule has 0 saturated carbocycles. The molecule has 1 aromatic rings. The van der Waals surface area contributed by atoms with Gasteiger partial charge in [-0.15, -0.1) is 4.68 Å². The van der Waals surface area contributed by atoms with Crippen LogP contribution in [0.3, 0.4) is 0 Å². The van der Waals surface area contributed by atoms with Crippen LogP contribution in [0.25, 0.3) is 0 Å². The van der Waals surface area contributed by atoms with Crippen molar-refractivity contribution in [3.8, 4) is 0 Å². The summed E-state index contributed by atoms with van der Waals surface area (Å²) in [6.45, 7) is 7.65. The van der Waals surface area contributed by atoms with Crippen LogP contribution in [0.1, 0.15) is 50.5 Å². The fraction of sp³-hybridized carbons (Fsp3) is 0.706. The second kappa shape index (κ2) is 8.08. The molecule has 1 aromatic heterocycles. The number of halogens is 1. The highest BCUT2D eigenvalue weighted by Crippen LogP contribution is 2.22. The van der Waals surface area contributed by atoms with Crippen LogP contribution in [0.2, 0.25) is 5.15 Å². The van der Waals surface area contributed by atoms with Gasteiger partial charge in [-0.2, -0.15) is 5.10 Å². The molecule has 0 unspecified atom stereocenters. The molecule has 0 radical (unpaired) electrons. The minimum absolute atomic E-state index is 0.246. The van der Waals surface area contributed by atoms with E-state index in [1.807, 2.05) is 20.8 Å². The molecule has 2 heterocycles. The third-order valence-corrected chi connectivity index (χ3v) is 4.41. The quantitative estimate of drug-likeness (QED) is 0.651. The number of amides is 1. The van der Waals surface area contributed by atoms with Crippen molar-refractivity contribution in [2.45, 2.75) is 52.2 Å². The van der Waals surface area contributed by atoms with Crippen molar-refractivity contribution in [2.24, 2.45) is 5.92 Å². The number of rotatable bonds is 4. The molecule has 0 aromatic carbocycles. The number of H-pyrrole nitrogens is 1. The van der Waals surface area contributed by atoms with Crippen LogP contribution in [0.4, 0.5) is 4.79 Å². The number of nitrogens with zero attached hydrogens (tertiary/aromatic N) is 2. The number of piperidine rings is 1. The van der Waals surface area contributed by atoms with E-state index < -0.39 is 11.6 Å². The predicted octanol–water partition coefficient (Wildman–Crippen LogP) is 2.78. The molecule has 1 aliphatic rings. The van der Waals surface area contributed by atoms with Crippen molar-refractivity contribution in [3.63, 3.8) is 0 Å². The Hall–Kier alpha value is -1.76. The van der Waals surface area contributed by atoms with Gasteiger partial charge in [-0.3, -0.25) is 0 Å². The third kappa shape index (κ3) is 5.63. The average molecular weight is 373 g/mol. The molecule has 0 atom stereocenters. The summed E-state index contributed by atoms with van der Waals surface area (Å²) in [5, 5.41) is 3.35. The Labute approximate surface area is 153 Å². The van der Waals surface area contributed by atoms with Gasteiger partial charge in [-0.05, 0) is 39.5 Å². The number of ether oxygens (including phenoxy) is 2. The third-order valence-electron chi connectivity index (χ3n) is 4.22. The molecule has 0 aliphatic carbocycles. The van der Waals surface area contributed by atoms with Crippen LogP contribution in [0, 0.1) is 5.92 Å². The summed E-state index contributed by atoms with van der Waals surface area (Å²) in [6.07, 6.45) is 2.49. The van der Waals surface area contributed by atoms with Gasteiger partial charge in [0.05, 0.1) is 13.2 Å². The molecular formula is C17H27ClN3O4+. The Morgan fingerprint density at radius 1 is 1.36 bits per heavy atom. The molecule has 140 valence electrons. The van der Waals surface area contributed by atoms with Gasteiger partial charge >= 0.3 is 17.8 Å². The van der Waals surface area contributed by atoms with Crippen LogP contribution < -0.4 is 4.68 Å². The molecule has 1 aliphatic heterocycles. The van der Waals surface area contributed by atoms with Gasteiger partial charge in [-0.1, -0.05) is 11.6 Å². The van der Waals surface area contributed by atoms with Crippen molar-refractivity contribution in [3.05, 3.63) is 16.9 Å². The van der Waals surface area contributed by atoms with Gasteiger partial charge in [-0.25, -0.2) is 9.59 Å². The zero-order valence-electron chi connectivity index (χ0n) is 15.3. The number of methoxy groups -OCH3 is 1. The van der Waals surface area contributed by atoms with E-state index in [-0.39, 0.29) is 6.09 Å². The SMILES string of the molecule is COC(=O)c1cc(Cl)[nH][n+]1CCC1CCN(C(=O)OC(C)(C)C)CC1. The van der Waals surface area contributed by atoms with E-state index >= 15 is 0 Å². The maximum atomic E-state index is 12.1.